The molecule has 5 nitrogen and oxygen atoms in total. The maximum absolute atomic E-state index is 8.72. The summed E-state index contributed by atoms with van der Waals surface area (Å²) in [5.74, 6) is 1.59. The minimum absolute atomic E-state index is 0.0892. The number of nitrogens with zero attached hydrogens (tertiary/aromatic N) is 2. The highest BCUT2D eigenvalue weighted by molar-refractivity contribution is 5.32. The summed E-state index contributed by atoms with van der Waals surface area (Å²) in [4.78, 5) is 4.20. The highest BCUT2D eigenvalue weighted by Crippen LogP contribution is 2.06. The fourth-order valence-corrected chi connectivity index (χ4v) is 1.11. The molecule has 0 spiro atoms. The van der Waals surface area contributed by atoms with Crippen LogP contribution in [0.1, 0.15) is 5.82 Å². The summed E-state index contributed by atoms with van der Waals surface area (Å²) >= 11 is 0. The van der Waals surface area contributed by atoms with Gasteiger partial charge in [0, 0.05) is 19.3 Å². The van der Waals surface area contributed by atoms with E-state index in [4.69, 9.17) is 10.2 Å². The number of imidazole rings is 1. The Morgan fingerprint density at radius 3 is 2.85 bits per heavy atom. The molecule has 0 saturated heterocycles. The van der Waals surface area contributed by atoms with E-state index in [1.807, 2.05) is 17.7 Å². The summed E-state index contributed by atoms with van der Waals surface area (Å²) in [5.41, 5.74) is 0. The Morgan fingerprint density at radius 1 is 1.46 bits per heavy atom. The molecule has 0 saturated carbocycles. The van der Waals surface area contributed by atoms with E-state index in [9.17, 15) is 0 Å². The third-order valence-corrected chi connectivity index (χ3v) is 1.73. The predicted molar refractivity (Wildman–Crippen MR) is 49.6 cm³/mol. The fourth-order valence-electron chi connectivity index (χ4n) is 1.11. The first-order valence-corrected chi connectivity index (χ1v) is 4.27. The molecule has 0 fully saturated rings. The number of aryl methyl sites for hydroxylation is 1. The van der Waals surface area contributed by atoms with Crippen molar-refractivity contribution in [1.82, 2.24) is 9.55 Å². The maximum atomic E-state index is 8.72. The SMILES string of the molecule is Cc1nc(NCCO)cn1CCO. The molecule has 1 heterocycles. The molecule has 0 aliphatic carbocycles. The second-order valence-corrected chi connectivity index (χ2v) is 2.74. The molecule has 5 heteroatoms. The van der Waals surface area contributed by atoms with Crippen molar-refractivity contribution in [3.63, 3.8) is 0 Å². The first-order valence-electron chi connectivity index (χ1n) is 4.27. The second kappa shape index (κ2) is 4.84. The van der Waals surface area contributed by atoms with Crippen molar-refractivity contribution < 1.29 is 10.2 Å². The lowest BCUT2D eigenvalue weighted by Crippen LogP contribution is -2.05. The lowest BCUT2D eigenvalue weighted by Gasteiger charge is -1.99. The third kappa shape index (κ3) is 2.71. The number of nitrogens with one attached hydrogen (secondary N) is 1. The molecule has 1 aromatic rings. The molecular formula is C8H15N3O2. The highest BCUT2D eigenvalue weighted by atomic mass is 16.3. The minimum atomic E-state index is 0.0892. The van der Waals surface area contributed by atoms with Crippen LogP contribution in [-0.4, -0.2) is 39.5 Å². The molecule has 0 aliphatic rings. The van der Waals surface area contributed by atoms with Crippen LogP contribution in [0.4, 0.5) is 5.82 Å². The van der Waals surface area contributed by atoms with Gasteiger partial charge in [0.1, 0.15) is 11.6 Å². The fraction of sp³-hybridized carbons (Fsp3) is 0.625. The zero-order chi connectivity index (χ0) is 9.68. The summed E-state index contributed by atoms with van der Waals surface area (Å²) in [6, 6.07) is 0. The van der Waals surface area contributed by atoms with Crippen LogP contribution in [0.25, 0.3) is 0 Å². The van der Waals surface area contributed by atoms with Gasteiger partial charge in [-0.1, -0.05) is 0 Å². The molecule has 0 aromatic carbocycles. The van der Waals surface area contributed by atoms with Gasteiger partial charge in [0.15, 0.2) is 0 Å². The molecule has 0 bridgehead atoms. The molecule has 74 valence electrons. The Labute approximate surface area is 77.0 Å². The molecule has 1 rings (SSSR count). The van der Waals surface area contributed by atoms with Crippen LogP contribution >= 0.6 is 0 Å². The molecule has 3 N–H and O–H groups in total. The average Bonchev–Trinajstić information content (AvgIpc) is 2.45. The van der Waals surface area contributed by atoms with E-state index in [1.165, 1.54) is 0 Å². The molecule has 0 aliphatic heterocycles. The van der Waals surface area contributed by atoms with Gasteiger partial charge in [-0.25, -0.2) is 4.98 Å². The van der Waals surface area contributed by atoms with E-state index in [1.54, 1.807) is 0 Å². The first kappa shape index (κ1) is 10.0. The van der Waals surface area contributed by atoms with Crippen molar-refractivity contribution in [2.75, 3.05) is 25.1 Å². The average molecular weight is 185 g/mol. The molecule has 1 aromatic heterocycles. The molecule has 0 atom stereocenters. The number of anilines is 1. The highest BCUT2D eigenvalue weighted by Gasteiger charge is 2.01. The van der Waals surface area contributed by atoms with Gasteiger partial charge in [-0.15, -0.1) is 0 Å². The van der Waals surface area contributed by atoms with Crippen molar-refractivity contribution in [2.24, 2.45) is 0 Å². The number of aliphatic hydroxyl groups excluding tert-OH is 2. The monoisotopic (exact) mass is 185 g/mol. The van der Waals surface area contributed by atoms with E-state index >= 15 is 0 Å². The quantitative estimate of drug-likeness (QED) is 0.583. The zero-order valence-corrected chi connectivity index (χ0v) is 7.69. The minimum Gasteiger partial charge on any atom is -0.395 e. The van der Waals surface area contributed by atoms with Gasteiger partial charge in [-0.05, 0) is 6.92 Å². The van der Waals surface area contributed by atoms with Gasteiger partial charge >= 0.3 is 0 Å². The number of hydrogen-bond acceptors (Lipinski definition) is 4. The van der Waals surface area contributed by atoms with Crippen LogP contribution in [0.5, 0.6) is 0 Å². The Bertz CT molecular complexity index is 260. The molecule has 13 heavy (non-hydrogen) atoms. The standard InChI is InChI=1S/C8H15N3O2/c1-7-10-8(9-2-4-12)6-11(7)3-5-13/h6,9,12-13H,2-5H2,1H3. The smallest absolute Gasteiger partial charge is 0.144 e. The van der Waals surface area contributed by atoms with Gasteiger partial charge < -0.3 is 20.1 Å². The van der Waals surface area contributed by atoms with Crippen molar-refractivity contribution in [1.29, 1.82) is 0 Å². The van der Waals surface area contributed by atoms with Crippen molar-refractivity contribution in [2.45, 2.75) is 13.5 Å². The molecule has 0 amide bonds. The zero-order valence-electron chi connectivity index (χ0n) is 7.69. The molecule has 0 unspecified atom stereocenters. The molecular weight excluding hydrogens is 170 g/mol. The third-order valence-electron chi connectivity index (χ3n) is 1.73. The van der Waals surface area contributed by atoms with Crippen molar-refractivity contribution >= 4 is 5.82 Å². The van der Waals surface area contributed by atoms with Crippen LogP contribution in [0.2, 0.25) is 0 Å². The van der Waals surface area contributed by atoms with Crippen molar-refractivity contribution in [3.8, 4) is 0 Å². The topological polar surface area (TPSA) is 70.3 Å². The van der Waals surface area contributed by atoms with Crippen LogP contribution in [0.3, 0.4) is 0 Å². The Hall–Kier alpha value is -1.07. The maximum Gasteiger partial charge on any atom is 0.144 e. The second-order valence-electron chi connectivity index (χ2n) is 2.74. The normalized spacial score (nSPS) is 10.4. The van der Waals surface area contributed by atoms with E-state index in [2.05, 4.69) is 10.3 Å². The number of aliphatic hydroxyl groups is 2. The van der Waals surface area contributed by atoms with Gasteiger partial charge in [0.05, 0.1) is 13.2 Å². The van der Waals surface area contributed by atoms with E-state index in [-0.39, 0.29) is 13.2 Å². The summed E-state index contributed by atoms with van der Waals surface area (Å²) in [6.45, 7) is 3.12. The van der Waals surface area contributed by atoms with Crippen molar-refractivity contribution in [3.05, 3.63) is 12.0 Å². The Morgan fingerprint density at radius 2 is 2.23 bits per heavy atom. The van der Waals surface area contributed by atoms with Crippen LogP contribution in [0.15, 0.2) is 6.20 Å². The van der Waals surface area contributed by atoms with Gasteiger partial charge in [-0.2, -0.15) is 0 Å². The van der Waals surface area contributed by atoms with Crippen LogP contribution in [-0.2, 0) is 6.54 Å². The lowest BCUT2D eigenvalue weighted by molar-refractivity contribution is 0.275. The lowest BCUT2D eigenvalue weighted by atomic mass is 10.6. The predicted octanol–water partition coefficient (Wildman–Crippen LogP) is -0.412. The Balaban J connectivity index is 2.59. The van der Waals surface area contributed by atoms with Gasteiger partial charge in [-0.3, -0.25) is 0 Å². The van der Waals surface area contributed by atoms with E-state index < -0.39 is 0 Å². The number of aromatic nitrogens is 2. The largest absolute Gasteiger partial charge is 0.395 e. The first-order chi connectivity index (χ1) is 6.27. The van der Waals surface area contributed by atoms with Gasteiger partial charge in [0.25, 0.3) is 0 Å². The summed E-state index contributed by atoms with van der Waals surface area (Å²) < 4.78 is 1.86. The number of hydrogen-bond donors (Lipinski definition) is 3. The summed E-state index contributed by atoms with van der Waals surface area (Å²) in [6.07, 6.45) is 1.82. The van der Waals surface area contributed by atoms with Crippen LogP contribution in [0, 0.1) is 6.92 Å². The van der Waals surface area contributed by atoms with Gasteiger partial charge in [0.2, 0.25) is 0 Å². The van der Waals surface area contributed by atoms with E-state index in [0.717, 1.165) is 11.6 Å². The number of rotatable bonds is 5. The van der Waals surface area contributed by atoms with Crippen LogP contribution < -0.4 is 5.32 Å². The van der Waals surface area contributed by atoms with E-state index in [0.29, 0.717) is 13.1 Å². The Kier molecular flexibility index (Phi) is 3.72. The summed E-state index contributed by atoms with van der Waals surface area (Å²) in [7, 11) is 0. The summed E-state index contributed by atoms with van der Waals surface area (Å²) in [5, 5.41) is 20.2. The molecule has 0 radical (unpaired) electrons.